The van der Waals surface area contributed by atoms with Gasteiger partial charge in [0.1, 0.15) is 11.4 Å². The van der Waals surface area contributed by atoms with Crippen molar-refractivity contribution in [2.75, 3.05) is 49.6 Å². The summed E-state index contributed by atoms with van der Waals surface area (Å²) in [6, 6.07) is 6.33. The molecule has 178 valence electrons. The number of fused-ring (bicyclic) bond motifs is 3. The number of unbranched alkanes of at least 4 members (excludes halogenated alkanes) is 1. The summed E-state index contributed by atoms with van der Waals surface area (Å²) in [7, 11) is 0. The van der Waals surface area contributed by atoms with Gasteiger partial charge < -0.3 is 25.0 Å². The van der Waals surface area contributed by atoms with Gasteiger partial charge in [0.05, 0.1) is 24.2 Å². The van der Waals surface area contributed by atoms with Crippen LogP contribution in [0.4, 0.5) is 16.3 Å². The summed E-state index contributed by atoms with van der Waals surface area (Å²) in [5.74, 6) is 1.53. The second-order valence-corrected chi connectivity index (χ2v) is 9.20. The molecule has 0 saturated carbocycles. The Morgan fingerprint density at radius 2 is 1.91 bits per heavy atom. The van der Waals surface area contributed by atoms with Crippen LogP contribution in [0.1, 0.15) is 39.4 Å². The Morgan fingerprint density at radius 1 is 1.15 bits per heavy atom. The number of hydrogen-bond acceptors (Lipinski definition) is 8. The number of morpholine rings is 1. The second kappa shape index (κ2) is 9.78. The molecule has 0 bridgehead atoms. The summed E-state index contributed by atoms with van der Waals surface area (Å²) >= 11 is 0. The number of carbonyl (C=O) groups excluding carboxylic acids is 1. The van der Waals surface area contributed by atoms with E-state index in [0.717, 1.165) is 61.7 Å². The molecular formula is C23H33N7O3. The lowest BCUT2D eigenvalue weighted by atomic mass is 10.2. The lowest BCUT2D eigenvalue weighted by Gasteiger charge is -2.29. The average molecular weight is 456 g/mol. The smallest absolute Gasteiger partial charge is 0.407 e. The number of ether oxygens (including phenoxy) is 2. The van der Waals surface area contributed by atoms with Crippen LogP contribution in [0.5, 0.6) is 0 Å². The van der Waals surface area contributed by atoms with Gasteiger partial charge >= 0.3 is 6.09 Å². The minimum Gasteiger partial charge on any atom is -0.444 e. The lowest BCUT2D eigenvalue weighted by molar-refractivity contribution is 0.0527. The van der Waals surface area contributed by atoms with Crippen LogP contribution >= 0.6 is 0 Å². The lowest BCUT2D eigenvalue weighted by Crippen LogP contribution is -2.36. The van der Waals surface area contributed by atoms with Crippen molar-refractivity contribution in [3.05, 3.63) is 24.0 Å². The van der Waals surface area contributed by atoms with E-state index >= 15 is 0 Å². The summed E-state index contributed by atoms with van der Waals surface area (Å²) < 4.78 is 12.8. The van der Waals surface area contributed by atoms with E-state index in [-0.39, 0.29) is 6.09 Å². The van der Waals surface area contributed by atoms with Crippen molar-refractivity contribution in [3.8, 4) is 0 Å². The van der Waals surface area contributed by atoms with Gasteiger partial charge in [-0.2, -0.15) is 0 Å². The van der Waals surface area contributed by atoms with Gasteiger partial charge in [-0.05, 0) is 58.7 Å². The van der Waals surface area contributed by atoms with Crippen molar-refractivity contribution >= 4 is 34.3 Å². The van der Waals surface area contributed by atoms with E-state index in [4.69, 9.17) is 14.5 Å². The molecule has 33 heavy (non-hydrogen) atoms. The number of benzene rings is 1. The molecule has 1 aliphatic rings. The van der Waals surface area contributed by atoms with Crippen molar-refractivity contribution in [1.82, 2.24) is 24.9 Å². The molecule has 0 unspecified atom stereocenters. The van der Waals surface area contributed by atoms with Crippen LogP contribution in [0.3, 0.4) is 0 Å². The molecule has 10 nitrogen and oxygen atoms in total. The summed E-state index contributed by atoms with van der Waals surface area (Å²) in [5, 5.41) is 14.8. The van der Waals surface area contributed by atoms with Crippen LogP contribution in [0, 0.1) is 6.92 Å². The Labute approximate surface area is 193 Å². The number of anilines is 2. The van der Waals surface area contributed by atoms with Gasteiger partial charge in [0, 0.05) is 31.9 Å². The van der Waals surface area contributed by atoms with Crippen molar-refractivity contribution < 1.29 is 14.3 Å². The third kappa shape index (κ3) is 5.62. The third-order valence-corrected chi connectivity index (χ3v) is 5.41. The fourth-order valence-corrected chi connectivity index (χ4v) is 3.86. The number of aromatic nitrogens is 4. The molecule has 10 heteroatoms. The first-order valence-electron chi connectivity index (χ1n) is 11.5. The molecular weight excluding hydrogens is 422 g/mol. The van der Waals surface area contributed by atoms with Crippen molar-refractivity contribution in [3.63, 3.8) is 0 Å². The molecule has 0 radical (unpaired) electrons. The van der Waals surface area contributed by atoms with E-state index in [0.29, 0.717) is 24.6 Å². The highest BCUT2D eigenvalue weighted by Gasteiger charge is 2.17. The minimum atomic E-state index is -0.489. The first kappa shape index (κ1) is 23.0. The number of nitrogens with zero attached hydrogens (tertiary/aromatic N) is 5. The standard InChI is InChI=1S/C23H33N7O3/c1-16-27-28-21-20(24-9-5-6-10-25-22(31)33-23(2,3)4)26-18-15-17(7-8-19(18)30(16)21)29-11-13-32-14-12-29/h7-8,15H,5-6,9-14H2,1-4H3,(H,24,26)(H,25,31). The fourth-order valence-electron chi connectivity index (χ4n) is 3.86. The van der Waals surface area contributed by atoms with Crippen molar-refractivity contribution in [1.29, 1.82) is 0 Å². The summed E-state index contributed by atoms with van der Waals surface area (Å²) in [6.07, 6.45) is 1.30. The molecule has 4 rings (SSSR count). The number of alkyl carbamates (subject to hydrolysis) is 1. The zero-order valence-electron chi connectivity index (χ0n) is 19.8. The topological polar surface area (TPSA) is 106 Å². The molecule has 2 N–H and O–H groups in total. The largest absolute Gasteiger partial charge is 0.444 e. The highest BCUT2D eigenvalue weighted by atomic mass is 16.6. The SMILES string of the molecule is Cc1nnc2c(NCCCCNC(=O)OC(C)(C)C)nc3cc(N4CCOCC4)ccc3n12. The molecule has 0 aliphatic carbocycles. The van der Waals surface area contributed by atoms with Crippen LogP contribution < -0.4 is 15.5 Å². The molecule has 3 heterocycles. The monoisotopic (exact) mass is 455 g/mol. The number of hydrogen-bond donors (Lipinski definition) is 2. The van der Waals surface area contributed by atoms with Crippen molar-refractivity contribution in [2.45, 2.75) is 46.1 Å². The van der Waals surface area contributed by atoms with E-state index in [2.05, 4.69) is 43.9 Å². The van der Waals surface area contributed by atoms with E-state index in [9.17, 15) is 4.79 Å². The molecule has 2 aromatic heterocycles. The molecule has 1 aromatic carbocycles. The number of carbonyl (C=O) groups is 1. The Balaban J connectivity index is 1.42. The molecule has 0 spiro atoms. The van der Waals surface area contributed by atoms with Gasteiger partial charge in [-0.15, -0.1) is 10.2 Å². The zero-order chi connectivity index (χ0) is 23.4. The summed E-state index contributed by atoms with van der Waals surface area (Å²) in [4.78, 5) is 18.9. The van der Waals surface area contributed by atoms with Gasteiger partial charge in [0.25, 0.3) is 0 Å². The van der Waals surface area contributed by atoms with Gasteiger partial charge in [0.2, 0.25) is 5.65 Å². The minimum absolute atomic E-state index is 0.386. The summed E-state index contributed by atoms with van der Waals surface area (Å²) in [5.41, 5.74) is 3.24. The molecule has 1 amide bonds. The van der Waals surface area contributed by atoms with Gasteiger partial charge in [-0.25, -0.2) is 9.78 Å². The van der Waals surface area contributed by atoms with Crippen molar-refractivity contribution in [2.24, 2.45) is 0 Å². The number of amides is 1. The predicted molar refractivity (Wildman–Crippen MR) is 128 cm³/mol. The third-order valence-electron chi connectivity index (χ3n) is 5.41. The normalized spacial score (nSPS) is 14.6. The number of nitrogens with one attached hydrogen (secondary N) is 2. The highest BCUT2D eigenvalue weighted by molar-refractivity contribution is 5.85. The molecule has 3 aromatic rings. The van der Waals surface area contributed by atoms with Crippen LogP contribution in [0.2, 0.25) is 0 Å². The zero-order valence-corrected chi connectivity index (χ0v) is 19.8. The van der Waals surface area contributed by atoms with Gasteiger partial charge in [-0.3, -0.25) is 4.40 Å². The maximum Gasteiger partial charge on any atom is 0.407 e. The van der Waals surface area contributed by atoms with Crippen LogP contribution in [0.15, 0.2) is 18.2 Å². The first-order valence-corrected chi connectivity index (χ1v) is 11.5. The van der Waals surface area contributed by atoms with E-state index in [1.807, 2.05) is 32.1 Å². The number of rotatable bonds is 7. The molecule has 1 saturated heterocycles. The van der Waals surface area contributed by atoms with E-state index < -0.39 is 5.60 Å². The van der Waals surface area contributed by atoms with Crippen LogP contribution in [-0.2, 0) is 9.47 Å². The summed E-state index contributed by atoms with van der Waals surface area (Å²) in [6.45, 7) is 12.0. The maximum absolute atomic E-state index is 11.7. The Bertz CT molecular complexity index is 1120. The van der Waals surface area contributed by atoms with Crippen LogP contribution in [0.25, 0.3) is 16.7 Å². The van der Waals surface area contributed by atoms with Gasteiger partial charge in [-0.1, -0.05) is 0 Å². The predicted octanol–water partition coefficient (Wildman–Crippen LogP) is 3.14. The first-order chi connectivity index (χ1) is 15.8. The highest BCUT2D eigenvalue weighted by Crippen LogP contribution is 2.26. The fraction of sp³-hybridized carbons (Fsp3) is 0.565. The second-order valence-electron chi connectivity index (χ2n) is 9.20. The number of aryl methyl sites for hydroxylation is 1. The van der Waals surface area contributed by atoms with Gasteiger partial charge in [0.15, 0.2) is 5.82 Å². The molecule has 1 fully saturated rings. The van der Waals surface area contributed by atoms with E-state index in [1.54, 1.807) is 0 Å². The molecule has 0 atom stereocenters. The maximum atomic E-state index is 11.7. The Hall–Kier alpha value is -3.14. The van der Waals surface area contributed by atoms with E-state index in [1.165, 1.54) is 0 Å². The molecule has 1 aliphatic heterocycles. The average Bonchev–Trinajstić information content (AvgIpc) is 3.17. The Kier molecular flexibility index (Phi) is 6.83. The quantitative estimate of drug-likeness (QED) is 0.524. The van der Waals surface area contributed by atoms with Crippen LogP contribution in [-0.4, -0.2) is 70.7 Å². The Morgan fingerprint density at radius 3 is 2.67 bits per heavy atom.